The van der Waals surface area contributed by atoms with Gasteiger partial charge in [-0.3, -0.25) is 4.79 Å². The van der Waals surface area contributed by atoms with E-state index in [4.69, 9.17) is 0 Å². The van der Waals surface area contributed by atoms with Gasteiger partial charge in [0.1, 0.15) is 6.54 Å². The maximum atomic E-state index is 11.4. The first-order valence-corrected chi connectivity index (χ1v) is 5.45. The standard InChI is InChI=1S/C12H22N4O.HI/c1-6-7-13-12(14-8-10(2)3)15-9-11(17)16(4)5;/h6H,1-2,7-9H2,3-5H3,(H2,13,14,15);1H. The maximum Gasteiger partial charge on any atom is 0.243 e. The monoisotopic (exact) mass is 366 g/mol. The van der Waals surface area contributed by atoms with Crippen LogP contribution in [0.15, 0.2) is 29.8 Å². The Kier molecular flexibility index (Phi) is 11.9. The van der Waals surface area contributed by atoms with Crippen molar-refractivity contribution in [3.05, 3.63) is 24.8 Å². The Morgan fingerprint density at radius 2 is 2.00 bits per heavy atom. The molecule has 0 aliphatic heterocycles. The van der Waals surface area contributed by atoms with E-state index in [1.807, 2.05) is 6.92 Å². The highest BCUT2D eigenvalue weighted by Gasteiger charge is 2.03. The van der Waals surface area contributed by atoms with Crippen LogP contribution in [0, 0.1) is 0 Å². The van der Waals surface area contributed by atoms with Crippen molar-refractivity contribution < 1.29 is 4.79 Å². The summed E-state index contributed by atoms with van der Waals surface area (Å²) in [7, 11) is 3.41. The van der Waals surface area contributed by atoms with Crippen LogP contribution in [0.1, 0.15) is 6.92 Å². The number of carbonyl (C=O) groups is 1. The number of nitrogens with zero attached hydrogens (tertiary/aromatic N) is 2. The van der Waals surface area contributed by atoms with Crippen molar-refractivity contribution in [1.29, 1.82) is 0 Å². The predicted octanol–water partition coefficient (Wildman–Crippen LogP) is 0.990. The van der Waals surface area contributed by atoms with E-state index in [2.05, 4.69) is 28.8 Å². The molecule has 0 spiro atoms. The fourth-order valence-corrected chi connectivity index (χ4v) is 0.866. The summed E-state index contributed by atoms with van der Waals surface area (Å²) in [4.78, 5) is 17.1. The predicted molar refractivity (Wildman–Crippen MR) is 87.4 cm³/mol. The van der Waals surface area contributed by atoms with Crippen molar-refractivity contribution in [3.63, 3.8) is 0 Å². The van der Waals surface area contributed by atoms with Crippen LogP contribution in [0.5, 0.6) is 0 Å². The Labute approximate surface area is 126 Å². The summed E-state index contributed by atoms with van der Waals surface area (Å²) in [6.07, 6.45) is 1.73. The lowest BCUT2D eigenvalue weighted by Crippen LogP contribution is -2.39. The molecular formula is C12H23IN4O. The second-order valence-corrected chi connectivity index (χ2v) is 3.93. The first-order valence-electron chi connectivity index (χ1n) is 5.45. The minimum Gasteiger partial charge on any atom is -0.353 e. The van der Waals surface area contributed by atoms with E-state index in [0.29, 0.717) is 19.0 Å². The van der Waals surface area contributed by atoms with Gasteiger partial charge in [0, 0.05) is 27.2 Å². The molecule has 104 valence electrons. The second kappa shape index (κ2) is 11.1. The summed E-state index contributed by atoms with van der Waals surface area (Å²) in [6, 6.07) is 0. The van der Waals surface area contributed by atoms with E-state index in [1.54, 1.807) is 20.2 Å². The third-order valence-electron chi connectivity index (χ3n) is 1.84. The summed E-state index contributed by atoms with van der Waals surface area (Å²) in [5.41, 5.74) is 0.997. The minimum absolute atomic E-state index is 0. The maximum absolute atomic E-state index is 11.4. The van der Waals surface area contributed by atoms with Crippen LogP contribution in [-0.2, 0) is 4.79 Å². The molecular weight excluding hydrogens is 343 g/mol. The molecule has 5 nitrogen and oxygen atoms in total. The average molecular weight is 366 g/mol. The number of carbonyl (C=O) groups excluding carboxylic acids is 1. The van der Waals surface area contributed by atoms with E-state index >= 15 is 0 Å². The summed E-state index contributed by atoms with van der Waals surface area (Å²) >= 11 is 0. The first kappa shape index (κ1) is 19.3. The molecule has 1 amide bonds. The molecule has 0 fully saturated rings. The van der Waals surface area contributed by atoms with Crippen molar-refractivity contribution in [2.75, 3.05) is 33.7 Å². The lowest BCUT2D eigenvalue weighted by molar-refractivity contribution is -0.127. The summed E-state index contributed by atoms with van der Waals surface area (Å²) in [5.74, 6) is 0.545. The normalized spacial score (nSPS) is 10.1. The van der Waals surface area contributed by atoms with Crippen molar-refractivity contribution in [2.45, 2.75) is 6.92 Å². The second-order valence-electron chi connectivity index (χ2n) is 3.93. The number of nitrogens with one attached hydrogen (secondary N) is 2. The van der Waals surface area contributed by atoms with Crippen LogP contribution in [0.25, 0.3) is 0 Å². The molecule has 0 aliphatic carbocycles. The third kappa shape index (κ3) is 10.1. The van der Waals surface area contributed by atoms with Crippen LogP contribution < -0.4 is 10.6 Å². The van der Waals surface area contributed by atoms with Crippen LogP contribution in [0.3, 0.4) is 0 Å². The molecule has 6 heteroatoms. The number of likely N-dealkylation sites (N-methyl/N-ethyl adjacent to an activating group) is 1. The number of hydrogen-bond donors (Lipinski definition) is 2. The number of amides is 1. The summed E-state index contributed by atoms with van der Waals surface area (Å²) in [6.45, 7) is 10.7. The van der Waals surface area contributed by atoms with Crippen molar-refractivity contribution >= 4 is 35.8 Å². The third-order valence-corrected chi connectivity index (χ3v) is 1.84. The highest BCUT2D eigenvalue weighted by Crippen LogP contribution is 1.84. The zero-order chi connectivity index (χ0) is 13.3. The fourth-order valence-electron chi connectivity index (χ4n) is 0.866. The van der Waals surface area contributed by atoms with Gasteiger partial charge in [0.05, 0.1) is 0 Å². The van der Waals surface area contributed by atoms with E-state index in [0.717, 1.165) is 5.57 Å². The molecule has 0 unspecified atom stereocenters. The van der Waals surface area contributed by atoms with Crippen molar-refractivity contribution in [3.8, 4) is 0 Å². The molecule has 0 saturated carbocycles. The van der Waals surface area contributed by atoms with Gasteiger partial charge in [0.25, 0.3) is 0 Å². The highest BCUT2D eigenvalue weighted by atomic mass is 127. The molecule has 2 N–H and O–H groups in total. The molecule has 0 aromatic heterocycles. The number of halogens is 1. The van der Waals surface area contributed by atoms with E-state index < -0.39 is 0 Å². The van der Waals surface area contributed by atoms with E-state index in [9.17, 15) is 4.79 Å². The zero-order valence-electron chi connectivity index (χ0n) is 11.3. The van der Waals surface area contributed by atoms with Gasteiger partial charge in [-0.25, -0.2) is 4.99 Å². The lowest BCUT2D eigenvalue weighted by Gasteiger charge is -2.12. The molecule has 0 atom stereocenters. The molecule has 0 bridgehead atoms. The van der Waals surface area contributed by atoms with Crippen molar-refractivity contribution in [1.82, 2.24) is 15.5 Å². The van der Waals surface area contributed by atoms with Crippen LogP contribution in [0.2, 0.25) is 0 Å². The Morgan fingerprint density at radius 3 is 2.44 bits per heavy atom. The molecule has 0 aromatic rings. The van der Waals surface area contributed by atoms with Gasteiger partial charge in [-0.15, -0.1) is 30.6 Å². The summed E-state index contributed by atoms with van der Waals surface area (Å²) in [5, 5.41) is 6.10. The molecule has 0 rings (SSSR count). The number of rotatable bonds is 6. The van der Waals surface area contributed by atoms with Crippen LogP contribution in [0.4, 0.5) is 0 Å². The average Bonchev–Trinajstić information content (AvgIpc) is 2.27. The van der Waals surface area contributed by atoms with Crippen molar-refractivity contribution in [2.24, 2.45) is 4.99 Å². The fraction of sp³-hybridized carbons (Fsp3) is 0.500. The van der Waals surface area contributed by atoms with Crippen LogP contribution >= 0.6 is 24.0 Å². The molecule has 0 heterocycles. The number of guanidine groups is 1. The molecule has 0 aromatic carbocycles. The van der Waals surface area contributed by atoms with Gasteiger partial charge < -0.3 is 15.5 Å². The first-order chi connectivity index (χ1) is 7.97. The number of aliphatic imine (C=N–C) groups is 1. The Balaban J connectivity index is 0. The lowest BCUT2D eigenvalue weighted by atomic mass is 10.3. The Hall–Kier alpha value is -1.05. The SMILES string of the molecule is C=CCNC(=NCC(=O)N(C)C)NCC(=C)C.I. The van der Waals surface area contributed by atoms with Gasteiger partial charge in [-0.05, 0) is 6.92 Å². The topological polar surface area (TPSA) is 56.7 Å². The molecule has 0 saturated heterocycles. The van der Waals surface area contributed by atoms with Crippen LogP contribution in [-0.4, -0.2) is 50.5 Å². The van der Waals surface area contributed by atoms with E-state index in [-0.39, 0.29) is 36.4 Å². The van der Waals surface area contributed by atoms with Gasteiger partial charge in [0.15, 0.2) is 5.96 Å². The Morgan fingerprint density at radius 1 is 1.39 bits per heavy atom. The van der Waals surface area contributed by atoms with E-state index in [1.165, 1.54) is 4.90 Å². The largest absolute Gasteiger partial charge is 0.353 e. The molecule has 0 aliphatic rings. The zero-order valence-corrected chi connectivity index (χ0v) is 13.7. The quantitative estimate of drug-likeness (QED) is 0.319. The molecule has 18 heavy (non-hydrogen) atoms. The molecule has 0 radical (unpaired) electrons. The smallest absolute Gasteiger partial charge is 0.243 e. The summed E-state index contributed by atoms with van der Waals surface area (Å²) < 4.78 is 0. The Bertz CT molecular complexity index is 313. The van der Waals surface area contributed by atoms with Gasteiger partial charge >= 0.3 is 0 Å². The van der Waals surface area contributed by atoms with Gasteiger partial charge in [-0.2, -0.15) is 0 Å². The minimum atomic E-state index is -0.0416. The number of hydrogen-bond acceptors (Lipinski definition) is 2. The highest BCUT2D eigenvalue weighted by molar-refractivity contribution is 14.0. The van der Waals surface area contributed by atoms with Gasteiger partial charge in [-0.1, -0.05) is 18.2 Å². The van der Waals surface area contributed by atoms with Gasteiger partial charge in [0.2, 0.25) is 5.91 Å².